The fourth-order valence-corrected chi connectivity index (χ4v) is 8.63. The van der Waals surface area contributed by atoms with Crippen molar-refractivity contribution < 1.29 is 18.9 Å². The van der Waals surface area contributed by atoms with Crippen molar-refractivity contribution in [2.24, 2.45) is 0 Å². The second-order valence-corrected chi connectivity index (χ2v) is 18.6. The molecular formula is C64H76N2O4. The average Bonchev–Trinajstić information content (AvgIpc) is 3.40. The summed E-state index contributed by atoms with van der Waals surface area (Å²) in [7, 11) is 0. The summed E-state index contributed by atoms with van der Waals surface area (Å²) in [6, 6.07) is 38.6. The second-order valence-electron chi connectivity index (χ2n) is 18.6. The van der Waals surface area contributed by atoms with Gasteiger partial charge in [0.25, 0.3) is 0 Å². The van der Waals surface area contributed by atoms with Gasteiger partial charge in [-0.2, -0.15) is 0 Å². The molecule has 0 amide bonds. The second kappa shape index (κ2) is 28.3. The molecule has 0 saturated carbocycles. The first kappa shape index (κ1) is 51.5. The van der Waals surface area contributed by atoms with E-state index in [0.29, 0.717) is 13.2 Å². The van der Waals surface area contributed by atoms with Crippen LogP contribution in [0.3, 0.4) is 0 Å². The van der Waals surface area contributed by atoms with Crippen molar-refractivity contribution in [1.82, 2.24) is 9.97 Å². The summed E-state index contributed by atoms with van der Waals surface area (Å²) in [6.45, 7) is 11.8. The van der Waals surface area contributed by atoms with Gasteiger partial charge in [0, 0.05) is 34.3 Å². The Morgan fingerprint density at radius 1 is 0.314 bits per heavy atom. The van der Waals surface area contributed by atoms with E-state index in [-0.39, 0.29) is 0 Å². The van der Waals surface area contributed by atoms with Crippen LogP contribution in [0, 0.1) is 0 Å². The maximum absolute atomic E-state index is 6.27. The Morgan fingerprint density at radius 3 is 1.00 bits per heavy atom. The Hall–Kier alpha value is -6.40. The largest absolute Gasteiger partial charge is 0.490 e. The van der Waals surface area contributed by atoms with Crippen molar-refractivity contribution in [3.8, 4) is 45.3 Å². The van der Waals surface area contributed by atoms with Crippen LogP contribution in [0.25, 0.3) is 68.4 Å². The summed E-state index contributed by atoms with van der Waals surface area (Å²) in [5, 5.41) is 2.13. The highest BCUT2D eigenvalue weighted by atomic mass is 16.5. The minimum absolute atomic E-state index is 0.706. The lowest BCUT2D eigenvalue weighted by molar-refractivity contribution is 0.259. The number of benzene rings is 5. The minimum Gasteiger partial charge on any atom is -0.490 e. The van der Waals surface area contributed by atoms with Crippen molar-refractivity contribution in [1.29, 1.82) is 0 Å². The maximum Gasteiger partial charge on any atom is 0.161 e. The molecule has 70 heavy (non-hydrogen) atoms. The number of hydrogen-bond donors (Lipinski definition) is 0. The zero-order valence-electron chi connectivity index (χ0n) is 42.5. The Labute approximate surface area is 419 Å². The standard InChI is InChI=1S/C64H76N2O4/c1-5-9-13-17-39-67-59-37-29-51(43-61(59)69-41-19-15-11-7-3)23-21-49-25-31-53(32-26-49)57-45-55-35-36-56-46-58(48-66-64(56)63(55)65-47-57)54-33-27-50(28-34-54)22-24-52-30-38-60(68-40-18-14-10-6-2)62(44-52)70-42-20-16-12-8-4/h21-38,43-48H,5-20,39-42H2,1-4H3/b23-21+,24-22+. The number of rotatable bonds is 30. The van der Waals surface area contributed by atoms with E-state index in [1.165, 1.54) is 77.0 Å². The fraction of sp³-hybridized carbons (Fsp3) is 0.375. The van der Waals surface area contributed by atoms with Crippen LogP contribution in [0.15, 0.2) is 122 Å². The summed E-state index contributed by atoms with van der Waals surface area (Å²) >= 11 is 0. The Balaban J connectivity index is 0.978. The molecule has 0 fully saturated rings. The average molecular weight is 937 g/mol. The van der Waals surface area contributed by atoms with Gasteiger partial charge in [0.1, 0.15) is 0 Å². The highest BCUT2D eigenvalue weighted by Crippen LogP contribution is 2.33. The third-order valence-electron chi connectivity index (χ3n) is 12.9. The van der Waals surface area contributed by atoms with Gasteiger partial charge in [-0.3, -0.25) is 9.97 Å². The molecule has 6 nitrogen and oxygen atoms in total. The lowest BCUT2D eigenvalue weighted by atomic mass is 10.0. The molecule has 0 aliphatic rings. The van der Waals surface area contributed by atoms with Gasteiger partial charge >= 0.3 is 0 Å². The monoisotopic (exact) mass is 937 g/mol. The predicted octanol–water partition coefficient (Wildman–Crippen LogP) is 18.3. The molecule has 0 unspecified atom stereocenters. The fourth-order valence-electron chi connectivity index (χ4n) is 8.63. The Morgan fingerprint density at radius 2 is 0.643 bits per heavy atom. The predicted molar refractivity (Wildman–Crippen MR) is 297 cm³/mol. The highest BCUT2D eigenvalue weighted by molar-refractivity contribution is 6.04. The quantitative estimate of drug-likeness (QED) is 0.0254. The molecule has 5 aromatic carbocycles. The van der Waals surface area contributed by atoms with Gasteiger partial charge in [-0.25, -0.2) is 0 Å². The SMILES string of the molecule is CCCCCCOc1ccc(/C=C/c2ccc(-c3cnc4c(ccc5cc(-c6ccc(/C=C/c7ccc(OCCCCCC)c(OCCCCCC)c7)cc6)cnc54)c3)cc2)cc1OCCCCCC. The highest BCUT2D eigenvalue weighted by Gasteiger charge is 2.11. The number of pyridine rings is 2. The molecule has 0 aliphatic carbocycles. The molecule has 0 atom stereocenters. The molecule has 0 spiro atoms. The smallest absolute Gasteiger partial charge is 0.161 e. The minimum atomic E-state index is 0.706. The van der Waals surface area contributed by atoms with Gasteiger partial charge in [0.15, 0.2) is 23.0 Å². The first-order valence-corrected chi connectivity index (χ1v) is 26.6. The van der Waals surface area contributed by atoms with Gasteiger partial charge in [0.05, 0.1) is 37.5 Å². The third kappa shape index (κ3) is 15.6. The van der Waals surface area contributed by atoms with E-state index in [1.807, 2.05) is 12.4 Å². The van der Waals surface area contributed by atoms with Gasteiger partial charge < -0.3 is 18.9 Å². The van der Waals surface area contributed by atoms with E-state index in [2.05, 4.69) is 161 Å². The number of ether oxygens (including phenoxy) is 4. The van der Waals surface area contributed by atoms with Crippen LogP contribution in [0.5, 0.6) is 23.0 Å². The summed E-state index contributed by atoms with van der Waals surface area (Å²) in [5.41, 5.74) is 10.6. The molecule has 0 aliphatic heterocycles. The van der Waals surface area contributed by atoms with Crippen LogP contribution < -0.4 is 18.9 Å². The number of unbranched alkanes of at least 4 members (excludes halogenated alkanes) is 12. The molecular weight excluding hydrogens is 861 g/mol. The first-order valence-electron chi connectivity index (χ1n) is 26.6. The van der Waals surface area contributed by atoms with E-state index in [1.54, 1.807) is 0 Å². The number of fused-ring (bicyclic) bond motifs is 3. The van der Waals surface area contributed by atoms with Gasteiger partial charge in [0.2, 0.25) is 0 Å². The van der Waals surface area contributed by atoms with Crippen molar-refractivity contribution in [3.63, 3.8) is 0 Å². The van der Waals surface area contributed by atoms with E-state index >= 15 is 0 Å². The molecule has 0 N–H and O–H groups in total. The summed E-state index contributed by atoms with van der Waals surface area (Å²) in [5.74, 6) is 3.33. The zero-order chi connectivity index (χ0) is 48.6. The van der Waals surface area contributed by atoms with Crippen LogP contribution in [-0.4, -0.2) is 36.4 Å². The van der Waals surface area contributed by atoms with Crippen LogP contribution in [0.4, 0.5) is 0 Å². The normalized spacial score (nSPS) is 11.6. The van der Waals surface area contributed by atoms with Crippen LogP contribution in [0.2, 0.25) is 0 Å². The summed E-state index contributed by atoms with van der Waals surface area (Å²) in [4.78, 5) is 9.93. The van der Waals surface area contributed by atoms with E-state index < -0.39 is 0 Å². The Bertz CT molecular complexity index is 2530. The first-order chi connectivity index (χ1) is 34.5. The third-order valence-corrected chi connectivity index (χ3v) is 12.9. The molecule has 6 heteroatoms. The van der Waals surface area contributed by atoms with Crippen molar-refractivity contribution >= 4 is 46.1 Å². The maximum atomic E-state index is 6.27. The Kier molecular flexibility index (Phi) is 20.8. The molecule has 0 bridgehead atoms. The van der Waals surface area contributed by atoms with E-state index in [4.69, 9.17) is 28.9 Å². The lowest BCUT2D eigenvalue weighted by Gasteiger charge is -2.14. The number of hydrogen-bond acceptors (Lipinski definition) is 6. The molecule has 0 radical (unpaired) electrons. The van der Waals surface area contributed by atoms with Crippen LogP contribution >= 0.6 is 0 Å². The van der Waals surface area contributed by atoms with E-state index in [0.717, 1.165) is 128 Å². The van der Waals surface area contributed by atoms with Gasteiger partial charge in [-0.1, -0.05) is 202 Å². The molecule has 7 rings (SSSR count). The molecule has 2 aromatic heterocycles. The van der Waals surface area contributed by atoms with E-state index in [9.17, 15) is 0 Å². The topological polar surface area (TPSA) is 62.7 Å². The van der Waals surface area contributed by atoms with Crippen LogP contribution in [0.1, 0.15) is 153 Å². The van der Waals surface area contributed by atoms with Crippen molar-refractivity contribution in [2.75, 3.05) is 26.4 Å². The number of aromatic nitrogens is 2. The summed E-state index contributed by atoms with van der Waals surface area (Å²) < 4.78 is 24.9. The number of nitrogens with zero attached hydrogens (tertiary/aromatic N) is 2. The zero-order valence-corrected chi connectivity index (χ0v) is 42.5. The van der Waals surface area contributed by atoms with Gasteiger partial charge in [-0.15, -0.1) is 0 Å². The van der Waals surface area contributed by atoms with Crippen LogP contribution in [-0.2, 0) is 0 Å². The van der Waals surface area contributed by atoms with Gasteiger partial charge in [-0.05, 0) is 95.5 Å². The summed E-state index contributed by atoms with van der Waals surface area (Å²) in [6.07, 6.45) is 31.3. The molecule has 366 valence electrons. The van der Waals surface area contributed by atoms with Crippen molar-refractivity contribution in [3.05, 3.63) is 144 Å². The molecule has 2 heterocycles. The molecule has 7 aromatic rings. The van der Waals surface area contributed by atoms with Crippen molar-refractivity contribution in [2.45, 2.75) is 130 Å². The lowest BCUT2D eigenvalue weighted by Crippen LogP contribution is -2.03. The molecule has 0 saturated heterocycles.